The second-order valence-electron chi connectivity index (χ2n) is 5.87. The third-order valence-corrected chi connectivity index (χ3v) is 6.01. The van der Waals surface area contributed by atoms with E-state index in [0.29, 0.717) is 17.1 Å². The standard InChI is InChI=1S/C17H20ClN5O2S/c1-11-9-13(7-8-19-2)23-17(21-11)15(16(20-3)22-23)26(24,25)14-6-4-5-12(18)10-14/h4-6,9-10,19H,7-8H2,1-3H3,(H,20,22). The van der Waals surface area contributed by atoms with Gasteiger partial charge in [0, 0.05) is 36.4 Å². The predicted octanol–water partition coefficient (Wildman–Crippen LogP) is 2.33. The quantitative estimate of drug-likeness (QED) is 0.668. The zero-order chi connectivity index (χ0) is 18.9. The van der Waals surface area contributed by atoms with Crippen molar-refractivity contribution in [2.24, 2.45) is 0 Å². The fourth-order valence-corrected chi connectivity index (χ4v) is 4.59. The molecule has 0 unspecified atom stereocenters. The lowest BCUT2D eigenvalue weighted by atomic mass is 10.2. The monoisotopic (exact) mass is 393 g/mol. The molecule has 0 radical (unpaired) electrons. The average molecular weight is 394 g/mol. The number of rotatable bonds is 6. The Morgan fingerprint density at radius 1 is 1.23 bits per heavy atom. The van der Waals surface area contributed by atoms with Crippen molar-refractivity contribution in [1.29, 1.82) is 0 Å². The summed E-state index contributed by atoms with van der Waals surface area (Å²) < 4.78 is 28.1. The summed E-state index contributed by atoms with van der Waals surface area (Å²) in [5.41, 5.74) is 1.92. The minimum absolute atomic E-state index is 0.0525. The Morgan fingerprint density at radius 2 is 2.00 bits per heavy atom. The minimum Gasteiger partial charge on any atom is -0.370 e. The Labute approximate surface area is 157 Å². The number of nitrogens with zero attached hydrogens (tertiary/aromatic N) is 3. The number of benzene rings is 1. The number of hydrogen-bond donors (Lipinski definition) is 2. The van der Waals surface area contributed by atoms with Gasteiger partial charge in [-0.05, 0) is 38.2 Å². The molecule has 3 aromatic rings. The van der Waals surface area contributed by atoms with Crippen molar-refractivity contribution in [1.82, 2.24) is 19.9 Å². The minimum atomic E-state index is -3.85. The van der Waals surface area contributed by atoms with Crippen LogP contribution >= 0.6 is 11.6 Å². The van der Waals surface area contributed by atoms with E-state index in [2.05, 4.69) is 20.7 Å². The average Bonchev–Trinajstić information content (AvgIpc) is 2.98. The van der Waals surface area contributed by atoms with Gasteiger partial charge in [-0.1, -0.05) is 17.7 Å². The number of likely N-dealkylation sites (N-methyl/N-ethyl adjacent to an activating group) is 1. The summed E-state index contributed by atoms with van der Waals surface area (Å²) >= 11 is 5.99. The molecule has 0 aliphatic carbocycles. The summed E-state index contributed by atoms with van der Waals surface area (Å²) in [7, 11) is -0.349. The summed E-state index contributed by atoms with van der Waals surface area (Å²) in [5, 5.41) is 10.8. The molecule has 0 amide bonds. The van der Waals surface area contributed by atoms with E-state index < -0.39 is 9.84 Å². The maximum absolute atomic E-state index is 13.3. The fourth-order valence-electron chi connectivity index (χ4n) is 2.79. The number of aromatic nitrogens is 3. The van der Waals surface area contributed by atoms with Crippen LogP contribution < -0.4 is 10.6 Å². The number of hydrogen-bond acceptors (Lipinski definition) is 6. The van der Waals surface area contributed by atoms with Gasteiger partial charge in [0.25, 0.3) is 0 Å². The lowest BCUT2D eigenvalue weighted by Gasteiger charge is -2.07. The Balaban J connectivity index is 2.30. The van der Waals surface area contributed by atoms with Gasteiger partial charge in [-0.2, -0.15) is 0 Å². The van der Waals surface area contributed by atoms with Gasteiger partial charge in [-0.15, -0.1) is 5.10 Å². The summed E-state index contributed by atoms with van der Waals surface area (Å²) in [6.07, 6.45) is 0.692. The third-order valence-electron chi connectivity index (χ3n) is 3.99. The van der Waals surface area contributed by atoms with Crippen molar-refractivity contribution in [2.75, 3.05) is 26.0 Å². The van der Waals surface area contributed by atoms with Gasteiger partial charge in [0.05, 0.1) is 4.90 Å². The molecule has 2 heterocycles. The van der Waals surface area contributed by atoms with Gasteiger partial charge in [0.1, 0.15) is 0 Å². The second kappa shape index (κ2) is 7.22. The molecule has 0 saturated carbocycles. The van der Waals surface area contributed by atoms with Gasteiger partial charge < -0.3 is 10.6 Å². The number of halogens is 1. The first-order valence-electron chi connectivity index (χ1n) is 8.10. The highest BCUT2D eigenvalue weighted by Gasteiger charge is 2.29. The van der Waals surface area contributed by atoms with Gasteiger partial charge >= 0.3 is 0 Å². The highest BCUT2D eigenvalue weighted by atomic mass is 35.5. The molecule has 9 heteroatoms. The second-order valence-corrected chi connectivity index (χ2v) is 8.19. The van der Waals surface area contributed by atoms with Crippen LogP contribution in [0.25, 0.3) is 5.65 Å². The van der Waals surface area contributed by atoms with E-state index >= 15 is 0 Å². The molecule has 0 atom stereocenters. The summed E-state index contributed by atoms with van der Waals surface area (Å²) in [4.78, 5) is 4.62. The molecule has 7 nitrogen and oxygen atoms in total. The Bertz CT molecular complexity index is 1060. The van der Waals surface area contributed by atoms with Crippen LogP contribution in [-0.2, 0) is 16.3 Å². The highest BCUT2D eigenvalue weighted by Crippen LogP contribution is 2.32. The zero-order valence-corrected chi connectivity index (χ0v) is 16.3. The summed E-state index contributed by atoms with van der Waals surface area (Å²) in [5.74, 6) is 0.258. The van der Waals surface area contributed by atoms with Gasteiger partial charge in [0.2, 0.25) is 9.84 Å². The zero-order valence-electron chi connectivity index (χ0n) is 14.7. The Morgan fingerprint density at radius 3 is 2.65 bits per heavy atom. The van der Waals surface area contributed by atoms with E-state index in [0.717, 1.165) is 17.9 Å². The maximum atomic E-state index is 13.3. The molecule has 2 N–H and O–H groups in total. The molecule has 3 rings (SSSR count). The van der Waals surface area contributed by atoms with E-state index in [4.69, 9.17) is 11.6 Å². The van der Waals surface area contributed by atoms with Crippen molar-refractivity contribution in [2.45, 2.75) is 23.1 Å². The molecular formula is C17H20ClN5O2S. The molecule has 2 aromatic heterocycles. The first-order valence-corrected chi connectivity index (χ1v) is 9.97. The van der Waals surface area contributed by atoms with Crippen molar-refractivity contribution in [3.05, 3.63) is 46.7 Å². The maximum Gasteiger partial charge on any atom is 0.214 e. The molecule has 0 fully saturated rings. The summed E-state index contributed by atoms with van der Waals surface area (Å²) in [6, 6.07) is 8.09. The lowest BCUT2D eigenvalue weighted by Crippen LogP contribution is -2.14. The molecule has 0 bridgehead atoms. The Hall–Kier alpha value is -2.16. The number of nitrogens with one attached hydrogen (secondary N) is 2. The number of aryl methyl sites for hydroxylation is 1. The highest BCUT2D eigenvalue weighted by molar-refractivity contribution is 7.91. The molecule has 0 saturated heterocycles. The van der Waals surface area contributed by atoms with Crippen molar-refractivity contribution in [3.63, 3.8) is 0 Å². The number of anilines is 1. The van der Waals surface area contributed by atoms with E-state index in [1.165, 1.54) is 12.1 Å². The van der Waals surface area contributed by atoms with Crippen LogP contribution in [0.4, 0.5) is 5.82 Å². The first-order chi connectivity index (χ1) is 12.4. The van der Waals surface area contributed by atoms with Gasteiger partial charge in [-0.3, -0.25) is 0 Å². The Kier molecular flexibility index (Phi) is 5.17. The molecule has 1 aromatic carbocycles. The number of fused-ring (bicyclic) bond motifs is 1. The van der Waals surface area contributed by atoms with Crippen molar-refractivity contribution in [3.8, 4) is 0 Å². The largest absolute Gasteiger partial charge is 0.370 e. The fraction of sp³-hybridized carbons (Fsp3) is 0.294. The van der Waals surface area contributed by atoms with Gasteiger partial charge in [-0.25, -0.2) is 17.9 Å². The van der Waals surface area contributed by atoms with E-state index in [1.54, 1.807) is 23.7 Å². The summed E-state index contributed by atoms with van der Waals surface area (Å²) in [6.45, 7) is 2.58. The normalized spacial score (nSPS) is 11.8. The van der Waals surface area contributed by atoms with E-state index in [9.17, 15) is 8.42 Å². The van der Waals surface area contributed by atoms with Crippen LogP contribution in [-0.4, -0.2) is 43.7 Å². The van der Waals surface area contributed by atoms with Crippen LogP contribution in [0.3, 0.4) is 0 Å². The molecule has 0 aliphatic rings. The van der Waals surface area contributed by atoms with Crippen LogP contribution in [0.15, 0.2) is 40.1 Å². The molecule has 0 spiro atoms. The van der Waals surface area contributed by atoms with Crippen LogP contribution in [0, 0.1) is 6.92 Å². The van der Waals surface area contributed by atoms with E-state index in [1.807, 2.05) is 20.0 Å². The van der Waals surface area contributed by atoms with E-state index in [-0.39, 0.29) is 15.6 Å². The third kappa shape index (κ3) is 3.27. The van der Waals surface area contributed by atoms with Crippen molar-refractivity contribution >= 4 is 32.9 Å². The molecule has 26 heavy (non-hydrogen) atoms. The first kappa shape index (κ1) is 18.6. The smallest absolute Gasteiger partial charge is 0.214 e. The lowest BCUT2D eigenvalue weighted by molar-refractivity contribution is 0.597. The SMILES string of the molecule is CNCCc1cc(C)nc2c(S(=O)(=O)c3cccc(Cl)c3)c(NC)nn12. The molecule has 138 valence electrons. The molecular weight excluding hydrogens is 374 g/mol. The van der Waals surface area contributed by atoms with Crippen LogP contribution in [0.1, 0.15) is 11.4 Å². The van der Waals surface area contributed by atoms with Gasteiger partial charge in [0.15, 0.2) is 16.4 Å². The van der Waals surface area contributed by atoms with Crippen LogP contribution in [0.2, 0.25) is 5.02 Å². The molecule has 0 aliphatic heterocycles. The topological polar surface area (TPSA) is 88.4 Å². The number of sulfone groups is 1. The van der Waals surface area contributed by atoms with Crippen molar-refractivity contribution < 1.29 is 8.42 Å². The van der Waals surface area contributed by atoms with Crippen LogP contribution in [0.5, 0.6) is 0 Å². The predicted molar refractivity (Wildman–Crippen MR) is 102 cm³/mol.